The topological polar surface area (TPSA) is 68.4 Å². The number of H-pyrrole nitrogens is 1. The van der Waals surface area contributed by atoms with E-state index < -0.39 is 0 Å². The summed E-state index contributed by atoms with van der Waals surface area (Å²) in [5.74, 6) is 0.165. The van der Waals surface area contributed by atoms with Crippen LogP contribution in [0, 0.1) is 0 Å². The van der Waals surface area contributed by atoms with Gasteiger partial charge in [-0.25, -0.2) is 0 Å². The summed E-state index contributed by atoms with van der Waals surface area (Å²) in [5.41, 5.74) is 2.10. The molecule has 6 nitrogen and oxygen atoms in total. The van der Waals surface area contributed by atoms with Crippen molar-refractivity contribution in [3.8, 4) is 0 Å². The van der Waals surface area contributed by atoms with E-state index >= 15 is 0 Å². The Kier molecular flexibility index (Phi) is 4.62. The number of piperazine rings is 1. The van der Waals surface area contributed by atoms with Gasteiger partial charge in [0.2, 0.25) is 11.8 Å². The highest BCUT2D eigenvalue weighted by molar-refractivity contribution is 5.89. The molecule has 122 valence electrons. The van der Waals surface area contributed by atoms with Crippen molar-refractivity contribution in [1.82, 2.24) is 20.1 Å². The Balaban J connectivity index is 1.57. The zero-order chi connectivity index (χ0) is 16.2. The number of benzene rings is 1. The lowest BCUT2D eigenvalue weighted by molar-refractivity contribution is -0.132. The Labute approximate surface area is 135 Å². The second-order valence-corrected chi connectivity index (χ2v) is 5.87. The molecule has 0 unspecified atom stereocenters. The summed E-state index contributed by atoms with van der Waals surface area (Å²) in [6.07, 6.45) is 2.34. The minimum Gasteiger partial charge on any atom is -0.361 e. The summed E-state index contributed by atoms with van der Waals surface area (Å²) >= 11 is 0. The summed E-state index contributed by atoms with van der Waals surface area (Å²) in [6.45, 7) is 3.25. The number of fused-ring (bicyclic) bond motifs is 1. The molecule has 3 rings (SSSR count). The summed E-state index contributed by atoms with van der Waals surface area (Å²) in [6, 6.07) is 8.02. The summed E-state index contributed by atoms with van der Waals surface area (Å²) in [5, 5.41) is 3.74. The van der Waals surface area contributed by atoms with Gasteiger partial charge in [-0.15, -0.1) is 0 Å². The molecule has 0 atom stereocenters. The molecule has 6 heteroatoms. The molecule has 23 heavy (non-hydrogen) atoms. The lowest BCUT2D eigenvalue weighted by atomic mass is 10.1. The van der Waals surface area contributed by atoms with Crippen molar-refractivity contribution in [2.45, 2.75) is 6.42 Å². The predicted octanol–water partition coefficient (Wildman–Crippen LogP) is 0.601. The monoisotopic (exact) mass is 314 g/mol. The average Bonchev–Trinajstić information content (AvgIpc) is 2.98. The maximum absolute atomic E-state index is 12.5. The van der Waals surface area contributed by atoms with Gasteiger partial charge in [-0.1, -0.05) is 18.2 Å². The first-order chi connectivity index (χ1) is 11.2. The minimum atomic E-state index is 0.0172. The van der Waals surface area contributed by atoms with Crippen LogP contribution in [0.4, 0.5) is 0 Å². The number of hydrogen-bond donors (Lipinski definition) is 2. The Morgan fingerprint density at radius 3 is 2.65 bits per heavy atom. The van der Waals surface area contributed by atoms with Crippen LogP contribution in [-0.4, -0.2) is 66.4 Å². The van der Waals surface area contributed by atoms with Crippen molar-refractivity contribution < 1.29 is 9.59 Å². The molecule has 1 aliphatic rings. The third-order valence-corrected chi connectivity index (χ3v) is 4.39. The van der Waals surface area contributed by atoms with E-state index in [0.717, 1.165) is 29.6 Å². The number of carbonyl (C=O) groups is 2. The second-order valence-electron chi connectivity index (χ2n) is 5.87. The van der Waals surface area contributed by atoms with Crippen LogP contribution in [0.15, 0.2) is 30.5 Å². The summed E-state index contributed by atoms with van der Waals surface area (Å²) < 4.78 is 0. The maximum atomic E-state index is 12.5. The predicted molar refractivity (Wildman–Crippen MR) is 89.1 cm³/mol. The standard InChI is InChI=1S/C17H22N4O2/c1-18-16(22)12-20-6-8-21(9-7-20)17(23)10-13-11-19-15-5-3-2-4-14(13)15/h2-5,11,19H,6-10,12H2,1H3,(H,18,22). The Morgan fingerprint density at radius 1 is 1.17 bits per heavy atom. The average molecular weight is 314 g/mol. The highest BCUT2D eigenvalue weighted by atomic mass is 16.2. The number of carbonyl (C=O) groups excluding carboxylic acids is 2. The zero-order valence-electron chi connectivity index (χ0n) is 13.3. The van der Waals surface area contributed by atoms with Crippen LogP contribution in [0.25, 0.3) is 10.9 Å². The number of nitrogens with one attached hydrogen (secondary N) is 2. The third-order valence-electron chi connectivity index (χ3n) is 4.39. The van der Waals surface area contributed by atoms with E-state index in [-0.39, 0.29) is 11.8 Å². The van der Waals surface area contributed by atoms with E-state index in [4.69, 9.17) is 0 Å². The van der Waals surface area contributed by atoms with Crippen LogP contribution in [0.1, 0.15) is 5.56 Å². The smallest absolute Gasteiger partial charge is 0.233 e. The molecule has 2 amide bonds. The second kappa shape index (κ2) is 6.83. The van der Waals surface area contributed by atoms with E-state index in [1.54, 1.807) is 7.05 Å². The number of amides is 2. The molecule has 2 N–H and O–H groups in total. The van der Waals surface area contributed by atoms with Crippen LogP contribution in [-0.2, 0) is 16.0 Å². The Bertz CT molecular complexity index is 701. The van der Waals surface area contributed by atoms with Crippen molar-refractivity contribution in [3.63, 3.8) is 0 Å². The molecule has 0 saturated carbocycles. The van der Waals surface area contributed by atoms with Crippen LogP contribution in [0.2, 0.25) is 0 Å². The number of aromatic amines is 1. The molecule has 0 radical (unpaired) electrons. The molecule has 0 aliphatic carbocycles. The summed E-state index contributed by atoms with van der Waals surface area (Å²) in [7, 11) is 1.64. The molecule has 1 aromatic carbocycles. The number of likely N-dealkylation sites (N-methyl/N-ethyl adjacent to an activating group) is 1. The quantitative estimate of drug-likeness (QED) is 0.868. The van der Waals surface area contributed by atoms with Gasteiger partial charge in [-0.05, 0) is 11.6 Å². The minimum absolute atomic E-state index is 0.0172. The number of aromatic nitrogens is 1. The largest absolute Gasteiger partial charge is 0.361 e. The fourth-order valence-electron chi connectivity index (χ4n) is 2.99. The number of rotatable bonds is 4. The van der Waals surface area contributed by atoms with E-state index in [9.17, 15) is 9.59 Å². The third kappa shape index (κ3) is 3.53. The SMILES string of the molecule is CNC(=O)CN1CCN(C(=O)Cc2c[nH]c3ccccc23)CC1. The first-order valence-corrected chi connectivity index (χ1v) is 7.93. The first-order valence-electron chi connectivity index (χ1n) is 7.93. The highest BCUT2D eigenvalue weighted by Gasteiger charge is 2.22. The molecule has 0 bridgehead atoms. The maximum Gasteiger partial charge on any atom is 0.233 e. The van der Waals surface area contributed by atoms with E-state index in [1.165, 1.54) is 0 Å². The zero-order valence-corrected chi connectivity index (χ0v) is 13.3. The van der Waals surface area contributed by atoms with Crippen molar-refractivity contribution in [1.29, 1.82) is 0 Å². The van der Waals surface area contributed by atoms with Crippen molar-refractivity contribution in [3.05, 3.63) is 36.0 Å². The summed E-state index contributed by atoms with van der Waals surface area (Å²) in [4.78, 5) is 31.1. The van der Waals surface area contributed by atoms with Crippen molar-refractivity contribution in [2.24, 2.45) is 0 Å². The molecule has 2 heterocycles. The van der Waals surface area contributed by atoms with Gasteiger partial charge in [0.1, 0.15) is 0 Å². The fraction of sp³-hybridized carbons (Fsp3) is 0.412. The molecule has 0 spiro atoms. The molecule has 2 aromatic rings. The Morgan fingerprint density at radius 2 is 1.91 bits per heavy atom. The van der Waals surface area contributed by atoms with E-state index in [1.807, 2.05) is 35.4 Å². The molecule has 1 aliphatic heterocycles. The number of nitrogens with zero attached hydrogens (tertiary/aromatic N) is 2. The van der Waals surface area contributed by atoms with Crippen molar-refractivity contribution >= 4 is 22.7 Å². The molecular weight excluding hydrogens is 292 g/mol. The molecular formula is C17H22N4O2. The van der Waals surface area contributed by atoms with Gasteiger partial charge >= 0.3 is 0 Å². The van der Waals surface area contributed by atoms with Crippen LogP contribution < -0.4 is 5.32 Å². The Hall–Kier alpha value is -2.34. The van der Waals surface area contributed by atoms with Crippen molar-refractivity contribution in [2.75, 3.05) is 39.8 Å². The fourth-order valence-corrected chi connectivity index (χ4v) is 2.99. The van der Waals surface area contributed by atoms with Crippen LogP contribution in [0.3, 0.4) is 0 Å². The van der Waals surface area contributed by atoms with E-state index in [2.05, 4.69) is 15.2 Å². The first kappa shape index (κ1) is 15.6. The van der Waals surface area contributed by atoms with Crippen LogP contribution >= 0.6 is 0 Å². The van der Waals surface area contributed by atoms with Gasteiger partial charge in [0.15, 0.2) is 0 Å². The lowest BCUT2D eigenvalue weighted by Gasteiger charge is -2.34. The van der Waals surface area contributed by atoms with Gasteiger partial charge in [-0.2, -0.15) is 0 Å². The number of para-hydroxylation sites is 1. The van der Waals surface area contributed by atoms with Gasteiger partial charge in [-0.3, -0.25) is 14.5 Å². The van der Waals surface area contributed by atoms with Gasteiger partial charge in [0.25, 0.3) is 0 Å². The molecule has 1 aromatic heterocycles. The molecule has 1 saturated heterocycles. The van der Waals surface area contributed by atoms with Crippen LogP contribution in [0.5, 0.6) is 0 Å². The molecule has 1 fully saturated rings. The lowest BCUT2D eigenvalue weighted by Crippen LogP contribution is -2.51. The van der Waals surface area contributed by atoms with E-state index in [0.29, 0.717) is 26.1 Å². The van der Waals surface area contributed by atoms with Gasteiger partial charge < -0.3 is 15.2 Å². The highest BCUT2D eigenvalue weighted by Crippen LogP contribution is 2.19. The normalized spacial score (nSPS) is 15.8. The number of hydrogen-bond acceptors (Lipinski definition) is 3. The van der Waals surface area contributed by atoms with Gasteiger partial charge in [0.05, 0.1) is 13.0 Å². The van der Waals surface area contributed by atoms with Gasteiger partial charge in [0, 0.05) is 50.3 Å².